The van der Waals surface area contributed by atoms with Crippen molar-refractivity contribution in [1.29, 1.82) is 0 Å². The first-order valence-electron chi connectivity index (χ1n) is 8.26. The molecular weight excluding hydrogens is 256 g/mol. The lowest BCUT2D eigenvalue weighted by Crippen LogP contribution is -2.55. The summed E-state index contributed by atoms with van der Waals surface area (Å²) in [5, 5.41) is 1.67. The molecule has 0 bridgehead atoms. The molecule has 0 unspecified atom stereocenters. The summed E-state index contributed by atoms with van der Waals surface area (Å²) in [5.41, 5.74) is 5.34. The monoisotopic (exact) mass is 290 g/mol. The Labute approximate surface area is 128 Å². The molecule has 0 atom stereocenters. The van der Waals surface area contributed by atoms with Crippen LogP contribution in [0.5, 0.6) is 0 Å². The zero-order valence-corrected chi connectivity index (χ0v) is 16.0. The summed E-state index contributed by atoms with van der Waals surface area (Å²) < 4.78 is 0. The standard InChI is InChI=1S/C19H34Si/c1-13(2)19-12-18(11-10-17(19)9)20(14(3)4,15(5)6)16(7)8/h10-16H,1-9H3. The Balaban J connectivity index is 3.54. The fourth-order valence-corrected chi connectivity index (χ4v) is 11.3. The van der Waals surface area contributed by atoms with Crippen molar-refractivity contribution >= 4 is 13.3 Å². The predicted molar refractivity (Wildman–Crippen MR) is 96.0 cm³/mol. The number of aryl methyl sites for hydroxylation is 1. The topological polar surface area (TPSA) is 0 Å². The molecule has 0 spiro atoms. The Hall–Kier alpha value is -0.563. The molecule has 0 aliphatic rings. The zero-order valence-electron chi connectivity index (χ0n) is 15.0. The van der Waals surface area contributed by atoms with Crippen LogP contribution in [0.3, 0.4) is 0 Å². The van der Waals surface area contributed by atoms with Crippen molar-refractivity contribution in [2.45, 2.75) is 84.9 Å². The van der Waals surface area contributed by atoms with Gasteiger partial charge >= 0.3 is 0 Å². The van der Waals surface area contributed by atoms with Gasteiger partial charge in [-0.25, -0.2) is 0 Å². The molecule has 0 fully saturated rings. The molecule has 0 saturated carbocycles. The summed E-state index contributed by atoms with van der Waals surface area (Å²) in [6.45, 7) is 21.6. The number of rotatable bonds is 5. The number of hydrogen-bond acceptors (Lipinski definition) is 0. The van der Waals surface area contributed by atoms with Gasteiger partial charge in [-0.2, -0.15) is 0 Å². The summed E-state index contributed by atoms with van der Waals surface area (Å²) in [7, 11) is -1.50. The van der Waals surface area contributed by atoms with E-state index in [9.17, 15) is 0 Å². The van der Waals surface area contributed by atoms with Crippen LogP contribution in [0.2, 0.25) is 16.6 Å². The van der Waals surface area contributed by atoms with E-state index >= 15 is 0 Å². The highest BCUT2D eigenvalue weighted by Crippen LogP contribution is 2.41. The van der Waals surface area contributed by atoms with Crippen molar-refractivity contribution in [3.63, 3.8) is 0 Å². The third-order valence-electron chi connectivity index (χ3n) is 5.27. The summed E-state index contributed by atoms with van der Waals surface area (Å²) in [4.78, 5) is 0. The van der Waals surface area contributed by atoms with Crippen molar-refractivity contribution in [3.05, 3.63) is 29.3 Å². The minimum atomic E-state index is -1.50. The molecule has 0 amide bonds. The normalized spacial score (nSPS) is 13.1. The molecule has 0 heterocycles. The lowest BCUT2D eigenvalue weighted by atomic mass is 9.98. The van der Waals surface area contributed by atoms with Gasteiger partial charge in [0.25, 0.3) is 0 Å². The Morgan fingerprint density at radius 3 is 1.55 bits per heavy atom. The maximum atomic E-state index is 2.55. The summed E-state index contributed by atoms with van der Waals surface area (Å²) in [5.74, 6) is 0.619. The van der Waals surface area contributed by atoms with E-state index in [0.29, 0.717) is 5.92 Å². The smallest absolute Gasteiger partial charge is 0.0648 e. The maximum Gasteiger partial charge on any atom is 0.0942 e. The van der Waals surface area contributed by atoms with E-state index in [2.05, 4.69) is 80.5 Å². The molecular formula is C19H34Si. The second-order valence-electron chi connectivity index (χ2n) is 7.62. The van der Waals surface area contributed by atoms with E-state index in [4.69, 9.17) is 0 Å². The minimum Gasteiger partial charge on any atom is -0.0648 e. The highest BCUT2D eigenvalue weighted by atomic mass is 28.3. The van der Waals surface area contributed by atoms with Crippen LogP contribution in [0.15, 0.2) is 18.2 Å². The summed E-state index contributed by atoms with van der Waals surface area (Å²) in [6.07, 6.45) is 0. The van der Waals surface area contributed by atoms with Crippen LogP contribution in [-0.2, 0) is 0 Å². The molecule has 1 heteroatoms. The molecule has 0 nitrogen and oxygen atoms in total. The molecule has 0 aromatic heterocycles. The third kappa shape index (κ3) is 2.88. The van der Waals surface area contributed by atoms with E-state index in [-0.39, 0.29) is 0 Å². The third-order valence-corrected chi connectivity index (χ3v) is 12.3. The van der Waals surface area contributed by atoms with Crippen molar-refractivity contribution in [2.75, 3.05) is 0 Å². The fraction of sp³-hybridized carbons (Fsp3) is 0.684. The van der Waals surface area contributed by atoms with Gasteiger partial charge in [0.05, 0.1) is 8.07 Å². The van der Waals surface area contributed by atoms with Gasteiger partial charge in [-0.05, 0) is 40.6 Å². The predicted octanol–water partition coefficient (Wildman–Crippen LogP) is 6.00. The van der Waals surface area contributed by atoms with Gasteiger partial charge in [0, 0.05) is 0 Å². The quantitative estimate of drug-likeness (QED) is 0.583. The van der Waals surface area contributed by atoms with Crippen LogP contribution in [0, 0.1) is 6.92 Å². The molecule has 0 aliphatic heterocycles. The largest absolute Gasteiger partial charge is 0.0942 e. The van der Waals surface area contributed by atoms with Crippen LogP contribution in [0.25, 0.3) is 0 Å². The fourth-order valence-electron chi connectivity index (χ4n) is 4.53. The summed E-state index contributed by atoms with van der Waals surface area (Å²) in [6, 6.07) is 7.35. The van der Waals surface area contributed by atoms with Gasteiger partial charge in [-0.1, -0.05) is 78.8 Å². The second kappa shape index (κ2) is 6.47. The van der Waals surface area contributed by atoms with Crippen molar-refractivity contribution in [1.82, 2.24) is 0 Å². The first-order valence-corrected chi connectivity index (χ1v) is 10.5. The van der Waals surface area contributed by atoms with Gasteiger partial charge in [0.2, 0.25) is 0 Å². The molecule has 114 valence electrons. The average molecular weight is 291 g/mol. The van der Waals surface area contributed by atoms with Crippen LogP contribution in [-0.4, -0.2) is 8.07 Å². The number of hydrogen-bond donors (Lipinski definition) is 0. The first kappa shape index (κ1) is 17.5. The lowest BCUT2D eigenvalue weighted by molar-refractivity contribution is 0.830. The molecule has 0 N–H and O–H groups in total. The van der Waals surface area contributed by atoms with Gasteiger partial charge in [0.15, 0.2) is 0 Å². The van der Waals surface area contributed by atoms with Gasteiger partial charge in [0.1, 0.15) is 0 Å². The Morgan fingerprint density at radius 2 is 1.20 bits per heavy atom. The molecule has 0 saturated heterocycles. The second-order valence-corrected chi connectivity index (χ2v) is 13.5. The van der Waals surface area contributed by atoms with E-state index < -0.39 is 8.07 Å². The Bertz CT molecular complexity index is 419. The van der Waals surface area contributed by atoms with E-state index in [1.165, 1.54) is 5.56 Å². The first-order chi connectivity index (χ1) is 9.15. The average Bonchev–Trinajstić information content (AvgIpc) is 2.29. The molecule has 1 aromatic rings. The van der Waals surface area contributed by atoms with Crippen molar-refractivity contribution in [3.8, 4) is 0 Å². The van der Waals surface area contributed by atoms with E-state index in [1.807, 2.05) is 0 Å². The van der Waals surface area contributed by atoms with Gasteiger partial charge in [-0.15, -0.1) is 0 Å². The van der Waals surface area contributed by atoms with Crippen LogP contribution < -0.4 is 5.19 Å². The molecule has 0 radical (unpaired) electrons. The zero-order chi connectivity index (χ0) is 15.7. The Morgan fingerprint density at radius 1 is 0.750 bits per heavy atom. The van der Waals surface area contributed by atoms with E-state index in [0.717, 1.165) is 16.6 Å². The minimum absolute atomic E-state index is 0.619. The van der Waals surface area contributed by atoms with Crippen molar-refractivity contribution in [2.24, 2.45) is 0 Å². The van der Waals surface area contributed by atoms with Crippen molar-refractivity contribution < 1.29 is 0 Å². The lowest BCUT2D eigenvalue weighted by Gasteiger charge is -2.44. The van der Waals surface area contributed by atoms with Gasteiger partial charge in [-0.3, -0.25) is 0 Å². The number of benzene rings is 1. The highest BCUT2D eigenvalue weighted by molar-refractivity contribution is 6.95. The molecule has 20 heavy (non-hydrogen) atoms. The SMILES string of the molecule is Cc1ccc([Si](C(C)C)(C(C)C)C(C)C)cc1C(C)C. The molecule has 0 aliphatic carbocycles. The highest BCUT2D eigenvalue weighted by Gasteiger charge is 2.44. The molecule has 1 rings (SSSR count). The van der Waals surface area contributed by atoms with Crippen LogP contribution in [0.4, 0.5) is 0 Å². The summed E-state index contributed by atoms with van der Waals surface area (Å²) >= 11 is 0. The van der Waals surface area contributed by atoms with Gasteiger partial charge < -0.3 is 0 Å². The van der Waals surface area contributed by atoms with Crippen LogP contribution >= 0.6 is 0 Å². The van der Waals surface area contributed by atoms with Crippen LogP contribution in [0.1, 0.15) is 72.4 Å². The maximum absolute atomic E-state index is 2.55. The Kier molecular flexibility index (Phi) is 5.66. The van der Waals surface area contributed by atoms with E-state index in [1.54, 1.807) is 10.8 Å². The molecule has 1 aromatic carbocycles.